The number of carbonyl (C=O) groups is 1. The summed E-state index contributed by atoms with van der Waals surface area (Å²) in [6.45, 7) is 1.82. The van der Waals surface area contributed by atoms with Gasteiger partial charge in [0.05, 0.1) is 17.2 Å². The summed E-state index contributed by atoms with van der Waals surface area (Å²) in [5, 5.41) is 22.3. The van der Waals surface area contributed by atoms with Crippen LogP contribution in [0.5, 0.6) is 5.75 Å². The van der Waals surface area contributed by atoms with Crippen molar-refractivity contribution < 1.29 is 19.0 Å². The largest absolute Gasteiger partial charge is 0.489 e. The summed E-state index contributed by atoms with van der Waals surface area (Å²) in [5.74, 6) is -0.170. The van der Waals surface area contributed by atoms with Crippen molar-refractivity contribution in [3.05, 3.63) is 29.0 Å². The molecular weight excluding hydrogens is 413 g/mol. The topological polar surface area (TPSA) is 97.9 Å². The van der Waals surface area contributed by atoms with E-state index in [2.05, 4.69) is 26.4 Å². The number of ether oxygens (including phenoxy) is 1. The highest BCUT2D eigenvalue weighted by atomic mass is 35.5. The Morgan fingerprint density at radius 3 is 2.93 bits per heavy atom. The van der Waals surface area contributed by atoms with Crippen molar-refractivity contribution in [3.8, 4) is 5.75 Å². The Morgan fingerprint density at radius 2 is 2.17 bits per heavy atom. The third kappa shape index (κ3) is 3.79. The number of aliphatic hydroxyl groups is 1. The summed E-state index contributed by atoms with van der Waals surface area (Å²) < 4.78 is 18.9. The van der Waals surface area contributed by atoms with E-state index in [1.54, 1.807) is 6.07 Å². The van der Waals surface area contributed by atoms with Gasteiger partial charge in [-0.25, -0.2) is 9.40 Å². The Hall–Kier alpha value is -1.49. The van der Waals surface area contributed by atoms with E-state index in [9.17, 15) is 14.3 Å². The van der Waals surface area contributed by atoms with Gasteiger partial charge in [0.1, 0.15) is 24.4 Å². The Kier molecular flexibility index (Phi) is 5.16. The maximum Gasteiger partial charge on any atom is 0.237 e. The molecule has 8 nitrogen and oxygen atoms in total. The lowest BCUT2D eigenvalue weighted by Crippen LogP contribution is -2.85. The molecule has 2 saturated heterocycles. The molecule has 3 unspecified atom stereocenters. The van der Waals surface area contributed by atoms with Gasteiger partial charge in [-0.1, -0.05) is 11.6 Å². The van der Waals surface area contributed by atoms with Crippen LogP contribution in [-0.4, -0.2) is 65.2 Å². The zero-order chi connectivity index (χ0) is 20.9. The van der Waals surface area contributed by atoms with Gasteiger partial charge in [0, 0.05) is 30.2 Å². The number of benzene rings is 1. The number of amides is 1. The number of hydrogen-bond acceptors (Lipinski definition) is 7. The van der Waals surface area contributed by atoms with Gasteiger partial charge in [0.2, 0.25) is 5.91 Å². The van der Waals surface area contributed by atoms with E-state index < -0.39 is 12.0 Å². The standard InChI is InChI=1S/C20H27ClFN5O3/c21-13-2-1-12(7-14(13)22)30-8-17(28)25-19-9-20(10-19,11-19)26-18(29)15-4-6-27-16(24-15)3-5-23-27/h1-2,7,15-17,23-25,28H,3-6,8-11H2,(H,26,29). The summed E-state index contributed by atoms with van der Waals surface area (Å²) in [5.41, 5.74) is 3.00. The molecule has 164 valence electrons. The third-order valence-electron chi connectivity index (χ3n) is 6.67. The monoisotopic (exact) mass is 439 g/mol. The predicted octanol–water partition coefficient (Wildman–Crippen LogP) is 0.456. The van der Waals surface area contributed by atoms with Crippen LogP contribution in [0.4, 0.5) is 4.39 Å². The number of carbonyl (C=O) groups excluding carboxylic acids is 1. The fourth-order valence-corrected chi connectivity index (χ4v) is 5.49. The first-order valence-corrected chi connectivity index (χ1v) is 10.9. The number of rotatable bonds is 7. The van der Waals surface area contributed by atoms with E-state index in [1.807, 2.05) is 0 Å². The quantitative estimate of drug-likeness (QED) is 0.394. The molecule has 5 N–H and O–H groups in total. The van der Waals surface area contributed by atoms with Crippen molar-refractivity contribution in [3.63, 3.8) is 0 Å². The molecule has 0 aromatic heterocycles. The number of hydrogen-bond donors (Lipinski definition) is 5. The van der Waals surface area contributed by atoms with Gasteiger partial charge in [-0.2, -0.15) is 0 Å². The molecule has 30 heavy (non-hydrogen) atoms. The Balaban J connectivity index is 1.05. The average molecular weight is 440 g/mol. The van der Waals surface area contributed by atoms with Gasteiger partial charge < -0.3 is 15.2 Å². The summed E-state index contributed by atoms with van der Waals surface area (Å²) in [6, 6.07) is 4.02. The Labute approximate surface area is 179 Å². The normalized spacial score (nSPS) is 35.7. The zero-order valence-corrected chi connectivity index (χ0v) is 17.3. The number of aliphatic hydroxyl groups excluding tert-OH is 1. The highest BCUT2D eigenvalue weighted by molar-refractivity contribution is 6.30. The van der Waals surface area contributed by atoms with Crippen LogP contribution in [0.3, 0.4) is 0 Å². The van der Waals surface area contributed by atoms with E-state index in [0.29, 0.717) is 5.75 Å². The molecule has 2 aliphatic heterocycles. The molecular formula is C20H27ClFN5O3. The fraction of sp³-hybridized carbons (Fsp3) is 0.650. The highest BCUT2D eigenvalue weighted by Crippen LogP contribution is 2.60. The molecule has 3 saturated carbocycles. The molecule has 5 aliphatic rings. The van der Waals surface area contributed by atoms with Crippen LogP contribution in [0.15, 0.2) is 18.2 Å². The van der Waals surface area contributed by atoms with E-state index in [0.717, 1.165) is 45.2 Å². The summed E-state index contributed by atoms with van der Waals surface area (Å²) in [6.07, 6.45) is 3.53. The molecule has 6 rings (SSSR count). The van der Waals surface area contributed by atoms with Crippen LogP contribution >= 0.6 is 11.6 Å². The number of nitrogens with one attached hydrogen (secondary N) is 4. The van der Waals surface area contributed by atoms with E-state index >= 15 is 0 Å². The molecule has 2 heterocycles. The minimum Gasteiger partial charge on any atom is -0.489 e. The molecule has 1 aromatic carbocycles. The van der Waals surface area contributed by atoms with Gasteiger partial charge >= 0.3 is 0 Å². The Morgan fingerprint density at radius 1 is 1.37 bits per heavy atom. The fourth-order valence-electron chi connectivity index (χ4n) is 5.37. The van der Waals surface area contributed by atoms with Gasteiger partial charge in [0.25, 0.3) is 0 Å². The summed E-state index contributed by atoms with van der Waals surface area (Å²) in [4.78, 5) is 12.7. The molecule has 5 fully saturated rings. The van der Waals surface area contributed by atoms with Crippen molar-refractivity contribution in [2.24, 2.45) is 0 Å². The van der Waals surface area contributed by atoms with Crippen LogP contribution in [0.25, 0.3) is 0 Å². The van der Waals surface area contributed by atoms with Crippen molar-refractivity contribution in [1.82, 2.24) is 26.4 Å². The minimum absolute atomic E-state index is 0.0000987. The second kappa shape index (κ2) is 7.58. The van der Waals surface area contributed by atoms with Crippen molar-refractivity contribution in [1.29, 1.82) is 0 Å². The van der Waals surface area contributed by atoms with Crippen molar-refractivity contribution in [2.45, 2.75) is 61.6 Å². The molecule has 0 radical (unpaired) electrons. The number of fused-ring (bicyclic) bond motifs is 1. The van der Waals surface area contributed by atoms with Crippen molar-refractivity contribution in [2.75, 3.05) is 19.7 Å². The number of nitrogens with zero attached hydrogens (tertiary/aromatic N) is 1. The van der Waals surface area contributed by atoms with E-state index in [1.165, 1.54) is 12.1 Å². The number of halogens is 2. The zero-order valence-electron chi connectivity index (χ0n) is 16.6. The van der Waals surface area contributed by atoms with Crippen LogP contribution < -0.4 is 26.1 Å². The third-order valence-corrected chi connectivity index (χ3v) is 6.97. The molecule has 10 heteroatoms. The SMILES string of the molecule is O=C(NC12CC(NC(O)COc3ccc(Cl)c(F)c3)(C1)C2)C1CCN2NCCC2N1. The summed E-state index contributed by atoms with van der Waals surface area (Å²) >= 11 is 5.65. The Bertz CT molecular complexity index is 823. The predicted molar refractivity (Wildman–Crippen MR) is 108 cm³/mol. The number of hydrazine groups is 1. The lowest BCUT2D eigenvalue weighted by molar-refractivity contribution is -0.153. The molecule has 3 atom stereocenters. The highest BCUT2D eigenvalue weighted by Gasteiger charge is 2.69. The smallest absolute Gasteiger partial charge is 0.237 e. The molecule has 2 bridgehead atoms. The molecule has 1 aromatic rings. The lowest BCUT2D eigenvalue weighted by atomic mass is 9.44. The van der Waals surface area contributed by atoms with E-state index in [-0.39, 0.29) is 40.8 Å². The first-order valence-electron chi connectivity index (χ1n) is 10.5. The van der Waals surface area contributed by atoms with Crippen LogP contribution in [0, 0.1) is 5.82 Å². The molecule has 1 amide bonds. The summed E-state index contributed by atoms with van der Waals surface area (Å²) in [7, 11) is 0. The maximum absolute atomic E-state index is 13.5. The minimum atomic E-state index is -0.876. The lowest BCUT2D eigenvalue weighted by Gasteiger charge is -2.71. The second-order valence-corrected chi connectivity index (χ2v) is 9.45. The van der Waals surface area contributed by atoms with Crippen LogP contribution in [0.1, 0.15) is 32.1 Å². The second-order valence-electron chi connectivity index (χ2n) is 9.04. The first kappa shape index (κ1) is 20.4. The average Bonchev–Trinajstić information content (AvgIpc) is 3.14. The van der Waals surface area contributed by atoms with Gasteiger partial charge in [-0.15, -0.1) is 0 Å². The van der Waals surface area contributed by atoms with Crippen LogP contribution in [-0.2, 0) is 4.79 Å². The molecule has 3 aliphatic carbocycles. The van der Waals surface area contributed by atoms with E-state index in [4.69, 9.17) is 16.3 Å². The van der Waals surface area contributed by atoms with Gasteiger partial charge in [0.15, 0.2) is 0 Å². The first-order chi connectivity index (χ1) is 14.4. The maximum atomic E-state index is 13.5. The van der Waals surface area contributed by atoms with Crippen LogP contribution in [0.2, 0.25) is 5.02 Å². The van der Waals surface area contributed by atoms with Gasteiger partial charge in [-0.05, 0) is 44.2 Å². The molecule has 0 spiro atoms. The van der Waals surface area contributed by atoms with Crippen molar-refractivity contribution >= 4 is 17.5 Å². The van der Waals surface area contributed by atoms with Gasteiger partial charge in [-0.3, -0.25) is 20.9 Å².